The number of H-pyrrole nitrogens is 1. The van der Waals surface area contributed by atoms with E-state index in [0.717, 1.165) is 12.3 Å². The van der Waals surface area contributed by atoms with Gasteiger partial charge in [-0.3, -0.25) is 9.78 Å². The fourth-order valence-electron chi connectivity index (χ4n) is 2.79. The number of amides is 1. The van der Waals surface area contributed by atoms with Gasteiger partial charge in [-0.05, 0) is 37.6 Å². The van der Waals surface area contributed by atoms with E-state index in [1.54, 1.807) is 25.3 Å². The average Bonchev–Trinajstić information content (AvgIpc) is 3.34. The number of carbonyl (C=O) groups is 1. The molecule has 0 saturated heterocycles. The Labute approximate surface area is 174 Å². The molecule has 0 saturated carbocycles. The first kappa shape index (κ1) is 21.9. The molecule has 0 fully saturated rings. The molecule has 0 bridgehead atoms. The lowest BCUT2D eigenvalue weighted by molar-refractivity contribution is -0.137. The first-order valence-electron chi connectivity index (χ1n) is 8.89. The Morgan fingerprint density at radius 3 is 2.63 bits per heavy atom. The van der Waals surface area contributed by atoms with Gasteiger partial charge in [0.2, 0.25) is 0 Å². The van der Waals surface area contributed by atoms with Gasteiger partial charge in [-0.15, -0.1) is 11.3 Å². The maximum atomic E-state index is 12.9. The zero-order valence-corrected chi connectivity index (χ0v) is 17.0. The second kappa shape index (κ2) is 8.17. The number of nitrogens with zero attached hydrogens (tertiary/aromatic N) is 2. The van der Waals surface area contributed by atoms with E-state index in [9.17, 15) is 23.1 Å². The molecule has 1 amide bonds. The normalized spacial score (nSPS) is 13.8. The molecule has 11 heteroatoms. The SMILES string of the molecule is Cc1cc(-c2ccc(C(F)(F)F)cn2)[nH]c1C(=O)NC(C)(CN)c1nc(CO)cs1. The minimum absolute atomic E-state index is 0.0736. The summed E-state index contributed by atoms with van der Waals surface area (Å²) in [4.78, 5) is 23.9. The molecule has 3 aromatic heterocycles. The van der Waals surface area contributed by atoms with Crippen LogP contribution in [0.3, 0.4) is 0 Å². The third-order valence-corrected chi connectivity index (χ3v) is 5.75. The summed E-state index contributed by atoms with van der Waals surface area (Å²) in [5.74, 6) is -0.445. The predicted octanol–water partition coefficient (Wildman–Crippen LogP) is 2.96. The van der Waals surface area contributed by atoms with Crippen molar-refractivity contribution >= 4 is 17.2 Å². The van der Waals surface area contributed by atoms with Gasteiger partial charge in [-0.1, -0.05) is 0 Å². The minimum atomic E-state index is -4.47. The van der Waals surface area contributed by atoms with Crippen molar-refractivity contribution in [3.63, 3.8) is 0 Å². The number of aliphatic hydroxyl groups excluding tert-OH is 1. The lowest BCUT2D eigenvalue weighted by Crippen LogP contribution is -2.49. The first-order valence-corrected chi connectivity index (χ1v) is 9.77. The van der Waals surface area contributed by atoms with E-state index in [0.29, 0.717) is 22.0 Å². The number of aromatic nitrogens is 3. The Balaban J connectivity index is 1.84. The van der Waals surface area contributed by atoms with Crippen LogP contribution in [0.2, 0.25) is 0 Å². The molecule has 0 aromatic carbocycles. The topological polar surface area (TPSA) is 117 Å². The zero-order chi connectivity index (χ0) is 22.1. The van der Waals surface area contributed by atoms with Crippen LogP contribution in [0.25, 0.3) is 11.4 Å². The molecule has 5 N–H and O–H groups in total. The molecule has 1 atom stereocenters. The van der Waals surface area contributed by atoms with Crippen LogP contribution in [0.1, 0.15) is 39.2 Å². The predicted molar refractivity (Wildman–Crippen MR) is 106 cm³/mol. The van der Waals surface area contributed by atoms with Gasteiger partial charge in [0, 0.05) is 18.1 Å². The summed E-state index contributed by atoms with van der Waals surface area (Å²) >= 11 is 1.27. The largest absolute Gasteiger partial charge is 0.417 e. The fraction of sp³-hybridized carbons (Fsp3) is 0.316. The number of aliphatic hydroxyl groups is 1. The van der Waals surface area contributed by atoms with Crippen molar-refractivity contribution in [1.82, 2.24) is 20.3 Å². The van der Waals surface area contributed by atoms with E-state index in [1.165, 1.54) is 17.4 Å². The highest BCUT2D eigenvalue weighted by atomic mass is 32.1. The number of hydrogen-bond acceptors (Lipinski definition) is 6. The number of aromatic amines is 1. The zero-order valence-electron chi connectivity index (χ0n) is 16.2. The van der Waals surface area contributed by atoms with Crippen molar-refractivity contribution in [2.75, 3.05) is 6.54 Å². The van der Waals surface area contributed by atoms with E-state index < -0.39 is 23.2 Å². The van der Waals surface area contributed by atoms with Gasteiger partial charge in [-0.2, -0.15) is 13.2 Å². The molecular weight excluding hydrogens is 419 g/mol. The quantitative estimate of drug-likeness (QED) is 0.471. The lowest BCUT2D eigenvalue weighted by Gasteiger charge is -2.27. The number of carbonyl (C=O) groups excluding carboxylic acids is 1. The summed E-state index contributed by atoms with van der Waals surface area (Å²) in [5.41, 5.74) is 6.08. The summed E-state index contributed by atoms with van der Waals surface area (Å²) in [6.45, 7) is 3.28. The molecule has 0 aliphatic rings. The molecule has 0 radical (unpaired) electrons. The van der Waals surface area contributed by atoms with Crippen molar-refractivity contribution in [3.05, 3.63) is 57.3 Å². The number of thiazole rings is 1. The van der Waals surface area contributed by atoms with Crippen LogP contribution < -0.4 is 11.1 Å². The molecule has 3 aromatic rings. The van der Waals surface area contributed by atoms with Crippen LogP contribution in [-0.4, -0.2) is 32.5 Å². The highest BCUT2D eigenvalue weighted by Crippen LogP contribution is 2.30. The van der Waals surface area contributed by atoms with E-state index in [2.05, 4.69) is 20.3 Å². The Bertz CT molecular complexity index is 1050. The summed E-state index contributed by atoms with van der Waals surface area (Å²) in [6, 6.07) is 3.81. The van der Waals surface area contributed by atoms with Gasteiger partial charge in [-0.25, -0.2) is 4.98 Å². The molecule has 30 heavy (non-hydrogen) atoms. The van der Waals surface area contributed by atoms with E-state index in [1.807, 2.05) is 0 Å². The van der Waals surface area contributed by atoms with Gasteiger partial charge in [0.15, 0.2) is 0 Å². The molecule has 3 rings (SSSR count). The molecule has 3 heterocycles. The smallest absolute Gasteiger partial charge is 0.390 e. The van der Waals surface area contributed by atoms with Crippen molar-refractivity contribution in [1.29, 1.82) is 0 Å². The van der Waals surface area contributed by atoms with Crippen LogP contribution in [0.15, 0.2) is 29.8 Å². The van der Waals surface area contributed by atoms with Crippen LogP contribution in [0.4, 0.5) is 13.2 Å². The molecular formula is C19H20F3N5O2S. The molecule has 160 valence electrons. The summed E-state index contributed by atoms with van der Waals surface area (Å²) < 4.78 is 38.2. The number of nitrogens with two attached hydrogens (primary N) is 1. The Hall–Kier alpha value is -2.76. The summed E-state index contributed by atoms with van der Waals surface area (Å²) in [7, 11) is 0. The first-order chi connectivity index (χ1) is 14.1. The van der Waals surface area contributed by atoms with Crippen LogP contribution in [0, 0.1) is 6.92 Å². The maximum Gasteiger partial charge on any atom is 0.417 e. The van der Waals surface area contributed by atoms with Crippen molar-refractivity contribution in [3.8, 4) is 11.4 Å². The number of rotatable bonds is 6. The third kappa shape index (κ3) is 4.37. The van der Waals surface area contributed by atoms with Gasteiger partial charge in [0.05, 0.1) is 29.3 Å². The number of aryl methyl sites for hydroxylation is 1. The van der Waals surface area contributed by atoms with E-state index >= 15 is 0 Å². The van der Waals surface area contributed by atoms with Gasteiger partial charge >= 0.3 is 6.18 Å². The van der Waals surface area contributed by atoms with Gasteiger partial charge in [0.25, 0.3) is 5.91 Å². The highest BCUT2D eigenvalue weighted by Gasteiger charge is 2.32. The highest BCUT2D eigenvalue weighted by molar-refractivity contribution is 7.09. The molecule has 0 aliphatic carbocycles. The lowest BCUT2D eigenvalue weighted by atomic mass is 10.0. The standard InChI is InChI=1S/C19H20F3N5O2S/c1-10-5-14(13-4-3-11(6-24-13)19(20,21)22)26-15(10)16(29)27-18(2,9-23)17-25-12(7-28)8-30-17/h3-6,8,26,28H,7,9,23H2,1-2H3,(H,27,29). The van der Waals surface area contributed by atoms with Crippen LogP contribution in [0.5, 0.6) is 0 Å². The number of halogens is 3. The Morgan fingerprint density at radius 1 is 1.37 bits per heavy atom. The maximum absolute atomic E-state index is 12.9. The van der Waals surface area contributed by atoms with Crippen molar-refractivity contribution in [2.24, 2.45) is 5.73 Å². The van der Waals surface area contributed by atoms with Gasteiger partial charge < -0.3 is 21.1 Å². The van der Waals surface area contributed by atoms with Crippen LogP contribution in [-0.2, 0) is 18.3 Å². The molecule has 0 spiro atoms. The molecule has 7 nitrogen and oxygen atoms in total. The monoisotopic (exact) mass is 439 g/mol. The number of pyridine rings is 1. The Kier molecular flexibility index (Phi) is 5.97. The second-order valence-electron chi connectivity index (χ2n) is 6.96. The van der Waals surface area contributed by atoms with Crippen molar-refractivity contribution in [2.45, 2.75) is 32.2 Å². The summed E-state index contributed by atoms with van der Waals surface area (Å²) in [5, 5.41) is 14.3. The number of hydrogen-bond donors (Lipinski definition) is 4. The number of alkyl halides is 3. The average molecular weight is 439 g/mol. The van der Waals surface area contributed by atoms with E-state index in [-0.39, 0.29) is 24.5 Å². The van der Waals surface area contributed by atoms with Gasteiger partial charge in [0.1, 0.15) is 16.2 Å². The third-order valence-electron chi connectivity index (χ3n) is 4.59. The molecule has 0 aliphatic heterocycles. The second-order valence-corrected chi connectivity index (χ2v) is 7.82. The van der Waals surface area contributed by atoms with Crippen LogP contribution >= 0.6 is 11.3 Å². The van der Waals surface area contributed by atoms with E-state index in [4.69, 9.17) is 5.73 Å². The fourth-order valence-corrected chi connectivity index (χ4v) is 3.73. The Morgan fingerprint density at radius 2 is 2.10 bits per heavy atom. The molecule has 1 unspecified atom stereocenters. The number of nitrogens with one attached hydrogen (secondary N) is 2. The summed E-state index contributed by atoms with van der Waals surface area (Å²) in [6.07, 6.45) is -3.72. The minimum Gasteiger partial charge on any atom is -0.390 e. The van der Waals surface area contributed by atoms with Crippen molar-refractivity contribution < 1.29 is 23.1 Å².